The number of hydrogen-bond donors (Lipinski definition) is 1. The molecule has 1 N–H and O–H groups in total. The molecule has 118 valence electrons. The van der Waals surface area contributed by atoms with Gasteiger partial charge in [0.25, 0.3) is 0 Å². The van der Waals surface area contributed by atoms with E-state index >= 15 is 0 Å². The molecule has 0 aromatic heterocycles. The van der Waals surface area contributed by atoms with Crippen molar-refractivity contribution in [3.05, 3.63) is 0 Å². The molecule has 0 amide bonds. The Bertz CT molecular complexity index is 361. The summed E-state index contributed by atoms with van der Waals surface area (Å²) in [6.07, 6.45) is 10.3. The monoisotopic (exact) mass is 302 g/mol. The molecular formula is C15H30N2O2S. The van der Waals surface area contributed by atoms with Gasteiger partial charge in [0.15, 0.2) is 0 Å². The zero-order valence-corrected chi connectivity index (χ0v) is 13.8. The molecule has 0 aliphatic rings. The number of rotatable bonds is 13. The summed E-state index contributed by atoms with van der Waals surface area (Å²) in [5.74, 6) is 0. The molecule has 0 aliphatic heterocycles. The lowest BCUT2D eigenvalue weighted by Gasteiger charge is -2.17. The lowest BCUT2D eigenvalue weighted by atomic mass is 10.1. The number of sulfonamides is 1. The average Bonchev–Trinajstić information content (AvgIpc) is 2.43. The Hall–Kier alpha value is -0.600. The van der Waals surface area contributed by atoms with E-state index in [4.69, 9.17) is 5.26 Å². The molecule has 0 fully saturated rings. The fourth-order valence-corrected chi connectivity index (χ4v) is 3.74. The van der Waals surface area contributed by atoms with Crippen molar-refractivity contribution in [2.45, 2.75) is 83.3 Å². The van der Waals surface area contributed by atoms with Gasteiger partial charge in [-0.3, -0.25) is 0 Å². The standard InChI is InChI=1S/C15H30N2O2S/c1-3-5-7-8-9-10-12-15(11-6-4-2)20(18,19)17-14-13-16/h15,17H,3-12,14H2,1-2H3. The predicted octanol–water partition coefficient (Wildman–Crippen LogP) is 3.74. The molecule has 0 heterocycles. The molecule has 0 bridgehead atoms. The van der Waals surface area contributed by atoms with Crippen LogP contribution in [-0.4, -0.2) is 20.2 Å². The van der Waals surface area contributed by atoms with E-state index in [1.165, 1.54) is 25.7 Å². The molecule has 0 saturated heterocycles. The molecule has 5 heteroatoms. The van der Waals surface area contributed by atoms with Gasteiger partial charge >= 0.3 is 0 Å². The number of nitrogens with one attached hydrogen (secondary N) is 1. The average molecular weight is 302 g/mol. The molecule has 0 radical (unpaired) electrons. The SMILES string of the molecule is CCCCCCCCC(CCCC)S(=O)(=O)NCC#N. The first-order chi connectivity index (χ1) is 9.58. The van der Waals surface area contributed by atoms with Crippen molar-refractivity contribution < 1.29 is 8.42 Å². The van der Waals surface area contributed by atoms with Crippen LogP contribution < -0.4 is 4.72 Å². The highest BCUT2D eigenvalue weighted by Crippen LogP contribution is 2.17. The molecule has 0 aliphatic carbocycles. The summed E-state index contributed by atoms with van der Waals surface area (Å²) in [5.41, 5.74) is 0. The third-order valence-electron chi connectivity index (χ3n) is 3.55. The maximum Gasteiger partial charge on any atom is 0.215 e. The van der Waals surface area contributed by atoms with Crippen molar-refractivity contribution in [2.24, 2.45) is 0 Å². The van der Waals surface area contributed by atoms with Crippen molar-refractivity contribution in [3.63, 3.8) is 0 Å². The van der Waals surface area contributed by atoms with Crippen LogP contribution in [0.1, 0.15) is 78.1 Å². The Balaban J connectivity index is 4.17. The van der Waals surface area contributed by atoms with Gasteiger partial charge in [0, 0.05) is 0 Å². The van der Waals surface area contributed by atoms with Gasteiger partial charge in [0.2, 0.25) is 10.0 Å². The molecule has 0 aromatic rings. The second kappa shape index (κ2) is 12.2. The summed E-state index contributed by atoms with van der Waals surface area (Å²) in [6, 6.07) is 1.83. The minimum absolute atomic E-state index is 0.124. The van der Waals surface area contributed by atoms with Gasteiger partial charge < -0.3 is 0 Å². The first kappa shape index (κ1) is 19.4. The minimum Gasteiger partial charge on any atom is -0.212 e. The molecule has 1 atom stereocenters. The second-order valence-electron chi connectivity index (χ2n) is 5.34. The number of unbranched alkanes of at least 4 members (excludes halogenated alkanes) is 6. The van der Waals surface area contributed by atoms with Crippen LogP contribution in [0.15, 0.2) is 0 Å². The Morgan fingerprint density at radius 1 is 0.950 bits per heavy atom. The van der Waals surface area contributed by atoms with E-state index in [9.17, 15) is 8.42 Å². The van der Waals surface area contributed by atoms with Gasteiger partial charge in [-0.2, -0.15) is 5.26 Å². The zero-order chi connectivity index (χ0) is 15.3. The Kier molecular flexibility index (Phi) is 11.8. The molecule has 1 unspecified atom stereocenters. The summed E-state index contributed by atoms with van der Waals surface area (Å²) >= 11 is 0. The molecule has 20 heavy (non-hydrogen) atoms. The van der Waals surface area contributed by atoms with Crippen LogP contribution in [-0.2, 0) is 10.0 Å². The van der Waals surface area contributed by atoms with Crippen molar-refractivity contribution in [1.82, 2.24) is 4.72 Å². The van der Waals surface area contributed by atoms with Gasteiger partial charge in [-0.25, -0.2) is 13.1 Å². The first-order valence-corrected chi connectivity index (χ1v) is 9.48. The van der Waals surface area contributed by atoms with E-state index < -0.39 is 10.0 Å². The van der Waals surface area contributed by atoms with Crippen LogP contribution in [0, 0.1) is 11.3 Å². The van der Waals surface area contributed by atoms with Gasteiger partial charge in [-0.1, -0.05) is 65.2 Å². The van der Waals surface area contributed by atoms with E-state index in [-0.39, 0.29) is 11.8 Å². The van der Waals surface area contributed by atoms with E-state index in [1.54, 1.807) is 0 Å². The molecule has 0 rings (SSSR count). The lowest BCUT2D eigenvalue weighted by Crippen LogP contribution is -2.34. The largest absolute Gasteiger partial charge is 0.215 e. The smallest absolute Gasteiger partial charge is 0.212 e. The summed E-state index contributed by atoms with van der Waals surface area (Å²) in [5, 5.41) is 8.18. The van der Waals surface area contributed by atoms with Crippen LogP contribution in [0.25, 0.3) is 0 Å². The van der Waals surface area contributed by atoms with Crippen molar-refractivity contribution in [2.75, 3.05) is 6.54 Å². The van der Waals surface area contributed by atoms with Gasteiger partial charge in [0.1, 0.15) is 0 Å². The molecule has 4 nitrogen and oxygen atoms in total. The summed E-state index contributed by atoms with van der Waals surface area (Å²) in [4.78, 5) is 0. The number of nitrogens with zero attached hydrogens (tertiary/aromatic N) is 1. The molecular weight excluding hydrogens is 272 g/mol. The zero-order valence-electron chi connectivity index (χ0n) is 13.0. The summed E-state index contributed by atoms with van der Waals surface area (Å²) in [7, 11) is -3.33. The van der Waals surface area contributed by atoms with Crippen LogP contribution >= 0.6 is 0 Å². The predicted molar refractivity (Wildman–Crippen MR) is 83.8 cm³/mol. The second-order valence-corrected chi connectivity index (χ2v) is 7.39. The third kappa shape index (κ3) is 9.33. The summed E-state index contributed by atoms with van der Waals surface area (Å²) in [6.45, 7) is 4.13. The van der Waals surface area contributed by atoms with Gasteiger partial charge in [0.05, 0.1) is 17.9 Å². The quantitative estimate of drug-likeness (QED) is 0.416. The van der Waals surface area contributed by atoms with Crippen molar-refractivity contribution >= 4 is 10.0 Å². The Labute approximate surface area is 125 Å². The van der Waals surface area contributed by atoms with Gasteiger partial charge in [-0.05, 0) is 12.8 Å². The maximum absolute atomic E-state index is 12.1. The Morgan fingerprint density at radius 2 is 1.50 bits per heavy atom. The topological polar surface area (TPSA) is 70.0 Å². The highest BCUT2D eigenvalue weighted by atomic mass is 32.2. The van der Waals surface area contributed by atoms with Crippen LogP contribution in [0.3, 0.4) is 0 Å². The minimum atomic E-state index is -3.33. The number of nitriles is 1. The Morgan fingerprint density at radius 3 is 2.10 bits per heavy atom. The van der Waals surface area contributed by atoms with E-state index in [2.05, 4.69) is 18.6 Å². The highest BCUT2D eigenvalue weighted by Gasteiger charge is 2.23. The van der Waals surface area contributed by atoms with E-state index in [1.807, 2.05) is 6.07 Å². The van der Waals surface area contributed by atoms with Crippen LogP contribution in [0.2, 0.25) is 0 Å². The maximum atomic E-state index is 12.1. The van der Waals surface area contributed by atoms with Crippen LogP contribution in [0.5, 0.6) is 0 Å². The fraction of sp³-hybridized carbons (Fsp3) is 0.933. The third-order valence-corrected chi connectivity index (χ3v) is 5.45. The summed E-state index contributed by atoms with van der Waals surface area (Å²) < 4.78 is 26.6. The van der Waals surface area contributed by atoms with Gasteiger partial charge in [-0.15, -0.1) is 0 Å². The first-order valence-electron chi connectivity index (χ1n) is 7.93. The molecule has 0 aromatic carbocycles. The normalized spacial score (nSPS) is 13.1. The highest BCUT2D eigenvalue weighted by molar-refractivity contribution is 7.90. The van der Waals surface area contributed by atoms with Crippen molar-refractivity contribution in [3.8, 4) is 6.07 Å². The van der Waals surface area contributed by atoms with Crippen molar-refractivity contribution in [1.29, 1.82) is 5.26 Å². The van der Waals surface area contributed by atoms with Crippen LogP contribution in [0.4, 0.5) is 0 Å². The van der Waals surface area contributed by atoms with E-state index in [0.717, 1.165) is 25.7 Å². The molecule has 0 saturated carbocycles. The molecule has 0 spiro atoms. The van der Waals surface area contributed by atoms with E-state index in [0.29, 0.717) is 12.8 Å². The fourth-order valence-electron chi connectivity index (χ4n) is 2.29. The lowest BCUT2D eigenvalue weighted by molar-refractivity contribution is 0.518. The number of hydrogen-bond acceptors (Lipinski definition) is 3.